The van der Waals surface area contributed by atoms with Gasteiger partial charge in [0.25, 0.3) is 11.8 Å². The average Bonchev–Trinajstić information content (AvgIpc) is 2.84. The van der Waals surface area contributed by atoms with E-state index in [4.69, 9.17) is 0 Å². The highest BCUT2D eigenvalue weighted by Crippen LogP contribution is 2.32. The number of anilines is 2. The lowest BCUT2D eigenvalue weighted by molar-refractivity contribution is -0.138. The molecule has 2 aromatic heterocycles. The predicted octanol–water partition coefficient (Wildman–Crippen LogP) is 2.50. The number of piperazine rings is 1. The molecular weight excluding hydrogens is 439 g/mol. The van der Waals surface area contributed by atoms with Gasteiger partial charge in [0, 0.05) is 38.6 Å². The minimum Gasteiger partial charge on any atom is -0.352 e. The highest BCUT2D eigenvalue weighted by molar-refractivity contribution is 6.01. The molecule has 170 valence electrons. The Balaban J connectivity index is 1.37. The van der Waals surface area contributed by atoms with E-state index in [9.17, 15) is 22.8 Å². The van der Waals surface area contributed by atoms with Crippen LogP contribution in [0.5, 0.6) is 0 Å². The molecule has 0 atom stereocenters. The van der Waals surface area contributed by atoms with Gasteiger partial charge in [0.15, 0.2) is 11.5 Å². The zero-order chi connectivity index (χ0) is 23.4. The smallest absolute Gasteiger partial charge is 0.352 e. The van der Waals surface area contributed by atoms with Gasteiger partial charge < -0.3 is 9.80 Å². The van der Waals surface area contributed by atoms with Crippen LogP contribution in [-0.4, -0.2) is 63.1 Å². The van der Waals surface area contributed by atoms with Crippen molar-refractivity contribution in [1.82, 2.24) is 25.1 Å². The minimum absolute atomic E-state index is 0.0729. The second-order valence-corrected chi connectivity index (χ2v) is 7.13. The zero-order valence-electron chi connectivity index (χ0n) is 17.2. The van der Waals surface area contributed by atoms with Crippen LogP contribution in [0.25, 0.3) is 0 Å². The fourth-order valence-corrected chi connectivity index (χ4v) is 3.37. The van der Waals surface area contributed by atoms with Crippen LogP contribution >= 0.6 is 0 Å². The van der Waals surface area contributed by atoms with Gasteiger partial charge in [-0.25, -0.2) is 9.97 Å². The summed E-state index contributed by atoms with van der Waals surface area (Å²) < 4.78 is 39.7. The molecule has 1 fully saturated rings. The first-order valence-electron chi connectivity index (χ1n) is 9.95. The Morgan fingerprint density at radius 2 is 1.58 bits per heavy atom. The standard InChI is InChI=1S/C21H18F3N7O2/c22-21(23,24)15-5-2-1-4-14(15)19(33)31-12-10-30(11-13-31)17-7-6-16(28-29-17)18(32)27-20-25-8-3-9-26-20/h1-9H,10-13H2,(H,25,26,27,32). The van der Waals surface area contributed by atoms with Crippen molar-refractivity contribution in [2.75, 3.05) is 36.4 Å². The zero-order valence-corrected chi connectivity index (χ0v) is 17.2. The number of amides is 2. The SMILES string of the molecule is O=C(Nc1ncccn1)c1ccc(N2CCN(C(=O)c3ccccc3C(F)(F)F)CC2)nn1. The molecule has 12 heteroatoms. The van der Waals surface area contributed by atoms with Gasteiger partial charge in [-0.2, -0.15) is 13.2 Å². The van der Waals surface area contributed by atoms with Crippen LogP contribution in [0.15, 0.2) is 54.9 Å². The van der Waals surface area contributed by atoms with Crippen LogP contribution in [0.4, 0.5) is 24.9 Å². The van der Waals surface area contributed by atoms with Crippen molar-refractivity contribution < 1.29 is 22.8 Å². The maximum atomic E-state index is 13.2. The summed E-state index contributed by atoms with van der Waals surface area (Å²) in [4.78, 5) is 36.0. The quantitative estimate of drug-likeness (QED) is 0.642. The summed E-state index contributed by atoms with van der Waals surface area (Å²) in [5.74, 6) is -0.547. The Morgan fingerprint density at radius 1 is 0.879 bits per heavy atom. The van der Waals surface area contributed by atoms with Crippen LogP contribution in [0.1, 0.15) is 26.4 Å². The Hall–Kier alpha value is -4.09. The number of nitrogens with one attached hydrogen (secondary N) is 1. The minimum atomic E-state index is -4.61. The van der Waals surface area contributed by atoms with Crippen molar-refractivity contribution in [1.29, 1.82) is 0 Å². The van der Waals surface area contributed by atoms with Gasteiger partial charge in [0.05, 0.1) is 11.1 Å². The molecule has 0 radical (unpaired) electrons. The molecular formula is C21H18F3N7O2. The molecule has 1 N–H and O–H groups in total. The summed E-state index contributed by atoms with van der Waals surface area (Å²) in [5.41, 5.74) is -1.24. The lowest BCUT2D eigenvalue weighted by Gasteiger charge is -2.35. The average molecular weight is 457 g/mol. The van der Waals surface area contributed by atoms with Crippen molar-refractivity contribution in [2.24, 2.45) is 0 Å². The summed E-state index contributed by atoms with van der Waals surface area (Å²) in [6.45, 7) is 1.16. The monoisotopic (exact) mass is 457 g/mol. The van der Waals surface area contributed by atoms with E-state index < -0.39 is 23.6 Å². The van der Waals surface area contributed by atoms with Gasteiger partial charge in [-0.3, -0.25) is 14.9 Å². The first kappa shape index (κ1) is 22.1. The molecule has 2 amide bonds. The molecule has 0 aliphatic carbocycles. The number of rotatable bonds is 4. The molecule has 33 heavy (non-hydrogen) atoms. The Labute approximate surface area is 186 Å². The molecule has 1 saturated heterocycles. The third kappa shape index (κ3) is 5.05. The van der Waals surface area contributed by atoms with E-state index in [0.717, 1.165) is 6.07 Å². The van der Waals surface area contributed by atoms with E-state index >= 15 is 0 Å². The highest BCUT2D eigenvalue weighted by atomic mass is 19.4. The lowest BCUT2D eigenvalue weighted by atomic mass is 10.1. The number of nitrogens with zero attached hydrogens (tertiary/aromatic N) is 6. The number of aromatic nitrogens is 4. The molecule has 3 heterocycles. The maximum Gasteiger partial charge on any atom is 0.417 e. The van der Waals surface area contributed by atoms with E-state index in [0.29, 0.717) is 18.9 Å². The number of hydrogen-bond acceptors (Lipinski definition) is 7. The van der Waals surface area contributed by atoms with Crippen LogP contribution in [0.2, 0.25) is 0 Å². The fraction of sp³-hybridized carbons (Fsp3) is 0.238. The number of benzene rings is 1. The van der Waals surface area contributed by atoms with E-state index in [1.807, 2.05) is 4.90 Å². The van der Waals surface area contributed by atoms with Crippen molar-refractivity contribution in [3.8, 4) is 0 Å². The highest BCUT2D eigenvalue weighted by Gasteiger charge is 2.36. The van der Waals surface area contributed by atoms with Crippen molar-refractivity contribution in [3.05, 3.63) is 71.7 Å². The van der Waals surface area contributed by atoms with E-state index in [2.05, 4.69) is 25.5 Å². The summed E-state index contributed by atoms with van der Waals surface area (Å²) in [7, 11) is 0. The van der Waals surface area contributed by atoms with Crippen molar-refractivity contribution in [2.45, 2.75) is 6.18 Å². The summed E-state index contributed by atoms with van der Waals surface area (Å²) in [6.07, 6.45) is -1.63. The molecule has 0 spiro atoms. The number of carbonyl (C=O) groups excluding carboxylic acids is 2. The van der Waals surface area contributed by atoms with Gasteiger partial charge in [-0.1, -0.05) is 12.1 Å². The largest absolute Gasteiger partial charge is 0.417 e. The van der Waals surface area contributed by atoms with Gasteiger partial charge >= 0.3 is 6.18 Å². The molecule has 1 aliphatic rings. The predicted molar refractivity (Wildman–Crippen MR) is 112 cm³/mol. The molecule has 1 aliphatic heterocycles. The number of carbonyl (C=O) groups is 2. The normalized spacial score (nSPS) is 14.2. The molecule has 4 rings (SSSR count). The van der Waals surface area contributed by atoms with Crippen molar-refractivity contribution in [3.63, 3.8) is 0 Å². The first-order chi connectivity index (χ1) is 15.8. The van der Waals surface area contributed by atoms with Gasteiger partial charge in [0.1, 0.15) is 0 Å². The van der Waals surface area contributed by atoms with E-state index in [1.165, 1.54) is 41.6 Å². The van der Waals surface area contributed by atoms with Crippen LogP contribution < -0.4 is 10.2 Å². The van der Waals surface area contributed by atoms with Crippen LogP contribution in [-0.2, 0) is 6.18 Å². The molecule has 9 nitrogen and oxygen atoms in total. The Morgan fingerprint density at radius 3 is 2.21 bits per heavy atom. The second kappa shape index (κ2) is 9.18. The van der Waals surface area contributed by atoms with Crippen LogP contribution in [0.3, 0.4) is 0 Å². The van der Waals surface area contributed by atoms with Crippen molar-refractivity contribution >= 4 is 23.6 Å². The number of alkyl halides is 3. The molecule has 0 bridgehead atoms. The second-order valence-electron chi connectivity index (χ2n) is 7.13. The molecule has 3 aromatic rings. The molecule has 0 saturated carbocycles. The molecule has 1 aromatic carbocycles. The number of hydrogen-bond donors (Lipinski definition) is 1. The van der Waals surface area contributed by atoms with Gasteiger partial charge in [-0.05, 0) is 30.3 Å². The fourth-order valence-electron chi connectivity index (χ4n) is 3.37. The van der Waals surface area contributed by atoms with E-state index in [-0.39, 0.29) is 30.3 Å². The first-order valence-corrected chi connectivity index (χ1v) is 9.95. The topological polar surface area (TPSA) is 104 Å². The maximum absolute atomic E-state index is 13.2. The van der Waals surface area contributed by atoms with Gasteiger partial charge in [-0.15, -0.1) is 10.2 Å². The summed E-state index contributed by atoms with van der Waals surface area (Å²) in [5, 5.41) is 10.5. The lowest BCUT2D eigenvalue weighted by Crippen LogP contribution is -2.49. The Bertz CT molecular complexity index is 1130. The number of halogens is 3. The summed E-state index contributed by atoms with van der Waals surface area (Å²) >= 11 is 0. The summed E-state index contributed by atoms with van der Waals surface area (Å²) in [6, 6.07) is 9.49. The molecule has 0 unspecified atom stereocenters. The van der Waals surface area contributed by atoms with E-state index in [1.54, 1.807) is 12.1 Å². The third-order valence-electron chi connectivity index (χ3n) is 5.03. The Kier molecular flexibility index (Phi) is 6.16. The van der Waals surface area contributed by atoms with Crippen LogP contribution in [0, 0.1) is 0 Å². The van der Waals surface area contributed by atoms with Gasteiger partial charge in [0.2, 0.25) is 5.95 Å². The third-order valence-corrected chi connectivity index (χ3v) is 5.03.